The molecule has 1 nitrogen and oxygen atoms in total. The van der Waals surface area contributed by atoms with E-state index < -0.39 is 0 Å². The Balaban J connectivity index is 0.00000166. The molecule has 0 atom stereocenters. The number of benzene rings is 6. The van der Waals surface area contributed by atoms with Crippen molar-refractivity contribution >= 4 is 11.3 Å². The fourth-order valence-corrected chi connectivity index (χ4v) is 7.32. The normalized spacial score (nSPS) is 14.5. The average Bonchev–Trinajstić information content (AvgIpc) is 3.35. The third-order valence-electron chi connectivity index (χ3n) is 9.64. The highest BCUT2D eigenvalue weighted by Gasteiger charge is 2.35. The van der Waals surface area contributed by atoms with Crippen LogP contribution in [0, 0.1) is 0 Å². The summed E-state index contributed by atoms with van der Waals surface area (Å²) in [6.45, 7) is 13.1. The van der Waals surface area contributed by atoms with Crippen LogP contribution < -0.4 is 0 Å². The van der Waals surface area contributed by atoms with Crippen molar-refractivity contribution in [2.24, 2.45) is 4.99 Å². The van der Waals surface area contributed by atoms with Gasteiger partial charge in [-0.2, -0.15) is 0 Å². The molecule has 0 fully saturated rings. The second kappa shape index (κ2) is 11.6. The smallest absolute Gasteiger partial charge is 0.0722 e. The molecule has 0 bridgehead atoms. The van der Waals surface area contributed by atoms with Gasteiger partial charge in [-0.1, -0.05) is 143 Å². The number of hydrogen-bond donors (Lipinski definition) is 0. The molecule has 0 saturated carbocycles. The Morgan fingerprint density at radius 1 is 0.435 bits per heavy atom. The van der Waals surface area contributed by atoms with Crippen molar-refractivity contribution < 1.29 is 0 Å². The minimum atomic E-state index is -0.0140. The Hall–Kier alpha value is -5.27. The van der Waals surface area contributed by atoms with Crippen LogP contribution in [0.25, 0.3) is 61.2 Å². The maximum Gasteiger partial charge on any atom is 0.0722 e. The number of nitrogens with zero attached hydrogens (tertiary/aromatic N) is 1. The Kier molecular flexibility index (Phi) is 7.41. The lowest BCUT2D eigenvalue weighted by Crippen LogP contribution is -2.14. The number of rotatable bonds is 3. The van der Waals surface area contributed by atoms with Crippen molar-refractivity contribution in [3.8, 4) is 55.6 Å². The van der Waals surface area contributed by atoms with Gasteiger partial charge in [0.25, 0.3) is 0 Å². The minimum Gasteiger partial charge on any atom is -0.287 e. The first kappa shape index (κ1) is 29.4. The molecule has 6 aromatic carbocycles. The van der Waals surface area contributed by atoms with E-state index in [0.29, 0.717) is 0 Å². The van der Waals surface area contributed by atoms with Gasteiger partial charge < -0.3 is 0 Å². The van der Waals surface area contributed by atoms with Gasteiger partial charge in [0.2, 0.25) is 0 Å². The molecule has 0 N–H and O–H groups in total. The highest BCUT2D eigenvalue weighted by atomic mass is 14.7. The summed E-state index contributed by atoms with van der Waals surface area (Å²) >= 11 is 0. The predicted molar refractivity (Wildman–Crippen MR) is 199 cm³/mol. The second-order valence-corrected chi connectivity index (χ2v) is 12.4. The first-order valence-electron chi connectivity index (χ1n) is 16.3. The van der Waals surface area contributed by atoms with Gasteiger partial charge >= 0.3 is 0 Å². The van der Waals surface area contributed by atoms with Crippen LogP contribution in [-0.4, -0.2) is 12.8 Å². The van der Waals surface area contributed by atoms with E-state index in [9.17, 15) is 0 Å². The van der Waals surface area contributed by atoms with Crippen molar-refractivity contribution in [1.82, 2.24) is 0 Å². The standard InChI is InChI=1S/C43H33N.C2H6/c1-27-39-25-32(19-21-35(39)34-15-5-6-17-38(34)42(27)44-4)30-13-9-11-28(23-30)29-12-10-14-31(24-29)33-20-22-37-36-16-7-8-18-40(36)43(2,3)41(37)26-33;1-2/h5-26H,1H2,2-4H3;1-2H3. The zero-order valence-electron chi connectivity index (χ0n) is 27.4. The van der Waals surface area contributed by atoms with E-state index in [2.05, 4.69) is 159 Å². The summed E-state index contributed by atoms with van der Waals surface area (Å²) in [6, 6.07) is 48.9. The van der Waals surface area contributed by atoms with Gasteiger partial charge in [-0.3, -0.25) is 4.99 Å². The lowest BCUT2D eigenvalue weighted by molar-refractivity contribution is 0.660. The van der Waals surface area contributed by atoms with Crippen LogP contribution in [0.2, 0.25) is 0 Å². The molecular formula is C45H39N. The third-order valence-corrected chi connectivity index (χ3v) is 9.64. The number of aliphatic imine (C=N–C) groups is 1. The van der Waals surface area contributed by atoms with Gasteiger partial charge in [0, 0.05) is 23.6 Å². The second-order valence-electron chi connectivity index (χ2n) is 12.4. The molecular weight excluding hydrogens is 555 g/mol. The summed E-state index contributed by atoms with van der Waals surface area (Å²) in [5.41, 5.74) is 19.5. The third kappa shape index (κ3) is 4.66. The topological polar surface area (TPSA) is 12.4 Å². The van der Waals surface area contributed by atoms with E-state index in [1.165, 1.54) is 66.8 Å². The summed E-state index contributed by atoms with van der Waals surface area (Å²) in [5, 5.41) is 0. The maximum absolute atomic E-state index is 4.61. The van der Waals surface area contributed by atoms with Gasteiger partial charge in [0.15, 0.2) is 0 Å². The lowest BCUT2D eigenvalue weighted by atomic mass is 9.80. The predicted octanol–water partition coefficient (Wildman–Crippen LogP) is 12.1. The van der Waals surface area contributed by atoms with Crippen LogP contribution in [0.5, 0.6) is 0 Å². The molecule has 46 heavy (non-hydrogen) atoms. The van der Waals surface area contributed by atoms with Crippen LogP contribution in [0.1, 0.15) is 49.9 Å². The van der Waals surface area contributed by atoms with E-state index in [-0.39, 0.29) is 5.41 Å². The molecule has 6 aromatic rings. The Labute approximate surface area is 273 Å². The molecule has 0 unspecified atom stereocenters. The van der Waals surface area contributed by atoms with E-state index in [0.717, 1.165) is 22.4 Å². The molecule has 0 aliphatic heterocycles. The Bertz CT molecular complexity index is 2170. The van der Waals surface area contributed by atoms with Crippen LogP contribution in [0.15, 0.2) is 145 Å². The molecule has 2 aliphatic carbocycles. The van der Waals surface area contributed by atoms with Crippen LogP contribution in [0.3, 0.4) is 0 Å². The van der Waals surface area contributed by atoms with Crippen molar-refractivity contribution in [2.45, 2.75) is 33.1 Å². The van der Waals surface area contributed by atoms with Crippen LogP contribution >= 0.6 is 0 Å². The first-order valence-corrected chi connectivity index (χ1v) is 16.3. The SMILES string of the molecule is C=C1C(=NC)c2ccccc2-c2ccc(-c3cccc(-c4cccc(-c5ccc6c(c5)C(C)(C)c5ccccc5-6)c4)c3)cc21.CC. The summed E-state index contributed by atoms with van der Waals surface area (Å²) in [6.07, 6.45) is 0. The van der Waals surface area contributed by atoms with Crippen molar-refractivity contribution in [2.75, 3.05) is 7.05 Å². The minimum absolute atomic E-state index is 0.0140. The quantitative estimate of drug-likeness (QED) is 0.194. The van der Waals surface area contributed by atoms with E-state index in [1.54, 1.807) is 0 Å². The fraction of sp³-hybridized carbons (Fsp3) is 0.133. The monoisotopic (exact) mass is 593 g/mol. The molecule has 0 saturated heterocycles. The molecule has 224 valence electrons. The van der Waals surface area contributed by atoms with Crippen molar-refractivity contribution in [3.63, 3.8) is 0 Å². The molecule has 8 rings (SSSR count). The van der Waals surface area contributed by atoms with Crippen LogP contribution in [0.4, 0.5) is 0 Å². The molecule has 0 heterocycles. The number of hydrogen-bond acceptors (Lipinski definition) is 1. The summed E-state index contributed by atoms with van der Waals surface area (Å²) < 4.78 is 0. The Morgan fingerprint density at radius 3 is 1.50 bits per heavy atom. The highest BCUT2D eigenvalue weighted by molar-refractivity contribution is 6.36. The molecule has 0 aromatic heterocycles. The number of allylic oxidation sites excluding steroid dienone is 1. The maximum atomic E-state index is 4.61. The van der Waals surface area contributed by atoms with Gasteiger partial charge in [-0.05, 0) is 96.6 Å². The fourth-order valence-electron chi connectivity index (χ4n) is 7.32. The average molecular weight is 594 g/mol. The highest BCUT2D eigenvalue weighted by Crippen LogP contribution is 2.49. The summed E-state index contributed by atoms with van der Waals surface area (Å²) in [5.74, 6) is 0. The molecule has 0 amide bonds. The lowest BCUT2D eigenvalue weighted by Gasteiger charge is -2.24. The molecule has 2 aliphatic rings. The van der Waals surface area contributed by atoms with Crippen molar-refractivity contribution in [1.29, 1.82) is 0 Å². The molecule has 1 heteroatoms. The van der Waals surface area contributed by atoms with E-state index >= 15 is 0 Å². The largest absolute Gasteiger partial charge is 0.287 e. The van der Waals surface area contributed by atoms with Gasteiger partial charge in [-0.15, -0.1) is 0 Å². The number of fused-ring (bicyclic) bond motifs is 6. The van der Waals surface area contributed by atoms with Crippen LogP contribution in [-0.2, 0) is 5.41 Å². The summed E-state index contributed by atoms with van der Waals surface area (Å²) in [4.78, 5) is 4.61. The van der Waals surface area contributed by atoms with E-state index in [4.69, 9.17) is 0 Å². The van der Waals surface area contributed by atoms with Gasteiger partial charge in [0.05, 0.1) is 5.71 Å². The van der Waals surface area contributed by atoms with Gasteiger partial charge in [-0.25, -0.2) is 0 Å². The summed E-state index contributed by atoms with van der Waals surface area (Å²) in [7, 11) is 1.85. The molecule has 0 radical (unpaired) electrons. The Morgan fingerprint density at radius 2 is 0.891 bits per heavy atom. The van der Waals surface area contributed by atoms with Gasteiger partial charge in [0.1, 0.15) is 0 Å². The zero-order valence-corrected chi connectivity index (χ0v) is 27.4. The van der Waals surface area contributed by atoms with Crippen molar-refractivity contribution in [3.05, 3.63) is 162 Å². The zero-order chi connectivity index (χ0) is 32.0. The molecule has 0 spiro atoms. The first-order chi connectivity index (χ1) is 22.4. The van der Waals surface area contributed by atoms with E-state index in [1.807, 2.05) is 20.9 Å².